The van der Waals surface area contributed by atoms with Crippen LogP contribution in [0.15, 0.2) is 54.6 Å². The molecule has 2 saturated heterocycles. The van der Waals surface area contributed by atoms with Crippen LogP contribution in [0.2, 0.25) is 0 Å². The number of benzene rings is 2. The molecule has 2 aliphatic rings. The smallest absolute Gasteiger partial charge is 0.0984 e. The quantitative estimate of drug-likeness (QED) is 0.762. The molecule has 0 aromatic heterocycles. The van der Waals surface area contributed by atoms with Crippen LogP contribution in [0.5, 0.6) is 0 Å². The normalized spacial score (nSPS) is 22.9. The first-order valence-corrected chi connectivity index (χ1v) is 7.53. The second-order valence-electron chi connectivity index (χ2n) is 5.70. The Bertz CT molecular complexity index is 592. The number of ether oxygens (including phenoxy) is 2. The molecule has 0 radical (unpaired) electrons. The molecule has 21 heavy (non-hydrogen) atoms. The van der Waals surface area contributed by atoms with E-state index in [2.05, 4.69) is 59.5 Å². The standard InChI is InChI=1S/C18H19NO2/c1-2-6-14(7-3-1)17-8-4-5-9-18(17)19(10-15-12-20-15)11-16-13-21-16/h1-9,15-16H,10-13H2. The molecule has 2 aromatic carbocycles. The van der Waals surface area contributed by atoms with Crippen molar-refractivity contribution in [2.45, 2.75) is 12.2 Å². The fraction of sp³-hybridized carbons (Fsp3) is 0.333. The van der Waals surface area contributed by atoms with E-state index in [4.69, 9.17) is 9.47 Å². The van der Waals surface area contributed by atoms with E-state index in [0.29, 0.717) is 12.2 Å². The largest absolute Gasteiger partial charge is 0.371 e. The second kappa shape index (κ2) is 5.51. The number of para-hydroxylation sites is 1. The zero-order chi connectivity index (χ0) is 14.1. The fourth-order valence-electron chi connectivity index (χ4n) is 2.72. The minimum Gasteiger partial charge on any atom is -0.371 e. The third-order valence-corrected chi connectivity index (χ3v) is 3.98. The molecule has 4 rings (SSSR count). The first kappa shape index (κ1) is 12.9. The van der Waals surface area contributed by atoms with Crippen molar-refractivity contribution in [3.63, 3.8) is 0 Å². The molecule has 2 aromatic rings. The Morgan fingerprint density at radius 1 is 0.810 bits per heavy atom. The van der Waals surface area contributed by atoms with Crippen molar-refractivity contribution in [2.24, 2.45) is 0 Å². The van der Waals surface area contributed by atoms with Gasteiger partial charge in [-0.2, -0.15) is 0 Å². The summed E-state index contributed by atoms with van der Waals surface area (Å²) in [6.45, 7) is 3.67. The van der Waals surface area contributed by atoms with Crippen LogP contribution in [0.1, 0.15) is 0 Å². The van der Waals surface area contributed by atoms with Gasteiger partial charge in [-0.15, -0.1) is 0 Å². The number of anilines is 1. The van der Waals surface area contributed by atoms with Crippen molar-refractivity contribution < 1.29 is 9.47 Å². The van der Waals surface area contributed by atoms with E-state index in [1.807, 2.05) is 0 Å². The maximum Gasteiger partial charge on any atom is 0.0984 e. The highest BCUT2D eigenvalue weighted by Crippen LogP contribution is 2.32. The summed E-state index contributed by atoms with van der Waals surface area (Å²) in [6.07, 6.45) is 0.764. The van der Waals surface area contributed by atoms with Crippen LogP contribution in [0, 0.1) is 0 Å². The summed E-state index contributed by atoms with van der Waals surface area (Å²) in [6, 6.07) is 19.2. The second-order valence-corrected chi connectivity index (χ2v) is 5.70. The van der Waals surface area contributed by atoms with Gasteiger partial charge in [-0.25, -0.2) is 0 Å². The van der Waals surface area contributed by atoms with Gasteiger partial charge in [-0.05, 0) is 11.6 Å². The summed E-state index contributed by atoms with van der Waals surface area (Å²) in [5.74, 6) is 0. The Balaban J connectivity index is 1.67. The van der Waals surface area contributed by atoms with Crippen LogP contribution in [0.25, 0.3) is 11.1 Å². The number of rotatable bonds is 6. The summed E-state index contributed by atoms with van der Waals surface area (Å²) in [7, 11) is 0. The lowest BCUT2D eigenvalue weighted by atomic mass is 10.0. The molecule has 0 N–H and O–H groups in total. The zero-order valence-electron chi connectivity index (χ0n) is 11.9. The monoisotopic (exact) mass is 281 g/mol. The van der Waals surface area contributed by atoms with Crippen molar-refractivity contribution in [1.29, 1.82) is 0 Å². The topological polar surface area (TPSA) is 28.3 Å². The molecule has 0 bridgehead atoms. The van der Waals surface area contributed by atoms with Crippen LogP contribution in [-0.2, 0) is 9.47 Å². The van der Waals surface area contributed by atoms with Gasteiger partial charge in [0, 0.05) is 24.3 Å². The van der Waals surface area contributed by atoms with Crippen LogP contribution in [0.3, 0.4) is 0 Å². The highest BCUT2D eigenvalue weighted by atomic mass is 16.6. The Labute approximate surface area is 125 Å². The van der Waals surface area contributed by atoms with Crippen molar-refractivity contribution in [3.05, 3.63) is 54.6 Å². The van der Waals surface area contributed by atoms with Crippen molar-refractivity contribution >= 4 is 5.69 Å². The van der Waals surface area contributed by atoms with Gasteiger partial charge < -0.3 is 14.4 Å². The first-order chi connectivity index (χ1) is 10.4. The van der Waals surface area contributed by atoms with Gasteiger partial charge in [0.2, 0.25) is 0 Å². The van der Waals surface area contributed by atoms with E-state index in [-0.39, 0.29) is 0 Å². The van der Waals surface area contributed by atoms with Crippen molar-refractivity contribution in [3.8, 4) is 11.1 Å². The molecular weight excluding hydrogens is 262 g/mol. The third-order valence-electron chi connectivity index (χ3n) is 3.98. The van der Waals surface area contributed by atoms with Gasteiger partial charge in [0.1, 0.15) is 0 Å². The lowest BCUT2D eigenvalue weighted by Gasteiger charge is -2.26. The van der Waals surface area contributed by atoms with Crippen molar-refractivity contribution in [1.82, 2.24) is 0 Å². The van der Waals surface area contributed by atoms with Crippen LogP contribution in [0.4, 0.5) is 5.69 Å². The fourth-order valence-corrected chi connectivity index (χ4v) is 2.72. The molecule has 0 amide bonds. The molecule has 3 nitrogen and oxygen atoms in total. The highest BCUT2D eigenvalue weighted by molar-refractivity contribution is 5.78. The lowest BCUT2D eigenvalue weighted by molar-refractivity contribution is 0.389. The van der Waals surface area contributed by atoms with Crippen LogP contribution in [-0.4, -0.2) is 38.5 Å². The maximum absolute atomic E-state index is 5.43. The Hall–Kier alpha value is -1.84. The number of epoxide rings is 2. The zero-order valence-corrected chi connectivity index (χ0v) is 11.9. The summed E-state index contributed by atoms with van der Waals surface area (Å²) in [4.78, 5) is 2.41. The molecule has 0 aliphatic carbocycles. The van der Waals surface area contributed by atoms with Gasteiger partial charge in [0.25, 0.3) is 0 Å². The minimum atomic E-state index is 0.382. The average molecular weight is 281 g/mol. The van der Waals surface area contributed by atoms with E-state index in [0.717, 1.165) is 26.3 Å². The van der Waals surface area contributed by atoms with Gasteiger partial charge in [-0.3, -0.25) is 0 Å². The van der Waals surface area contributed by atoms with Gasteiger partial charge in [-0.1, -0.05) is 48.5 Å². The molecular formula is C18H19NO2. The maximum atomic E-state index is 5.43. The van der Waals surface area contributed by atoms with E-state index in [1.54, 1.807) is 0 Å². The summed E-state index contributed by atoms with van der Waals surface area (Å²) in [5.41, 5.74) is 3.81. The molecule has 2 fully saturated rings. The average Bonchev–Trinajstić information content (AvgIpc) is 3.43. The van der Waals surface area contributed by atoms with Crippen LogP contribution < -0.4 is 4.90 Å². The van der Waals surface area contributed by atoms with E-state index < -0.39 is 0 Å². The predicted octanol–water partition coefficient (Wildman–Crippen LogP) is 2.96. The minimum absolute atomic E-state index is 0.382. The van der Waals surface area contributed by atoms with Crippen molar-refractivity contribution in [2.75, 3.05) is 31.2 Å². The Morgan fingerprint density at radius 3 is 2.00 bits per heavy atom. The molecule has 2 heterocycles. The first-order valence-electron chi connectivity index (χ1n) is 7.53. The lowest BCUT2D eigenvalue weighted by Crippen LogP contribution is -2.32. The molecule has 2 unspecified atom stereocenters. The molecule has 0 spiro atoms. The van der Waals surface area contributed by atoms with E-state index in [9.17, 15) is 0 Å². The molecule has 3 heteroatoms. The SMILES string of the molecule is c1ccc(-c2ccccc2N(CC2CO2)CC2CO2)cc1. The van der Waals surface area contributed by atoms with Gasteiger partial charge >= 0.3 is 0 Å². The summed E-state index contributed by atoms with van der Waals surface area (Å²) in [5, 5.41) is 0. The third kappa shape index (κ3) is 3.09. The Morgan fingerprint density at radius 2 is 1.38 bits per heavy atom. The van der Waals surface area contributed by atoms with E-state index in [1.165, 1.54) is 16.8 Å². The highest BCUT2D eigenvalue weighted by Gasteiger charge is 2.31. The summed E-state index contributed by atoms with van der Waals surface area (Å²) >= 11 is 0. The van der Waals surface area contributed by atoms with Gasteiger partial charge in [0.15, 0.2) is 0 Å². The number of hydrogen-bond donors (Lipinski definition) is 0. The molecule has 2 aliphatic heterocycles. The number of hydrogen-bond acceptors (Lipinski definition) is 3. The summed E-state index contributed by atoms with van der Waals surface area (Å²) < 4.78 is 10.9. The predicted molar refractivity (Wildman–Crippen MR) is 83.6 cm³/mol. The van der Waals surface area contributed by atoms with Crippen LogP contribution >= 0.6 is 0 Å². The number of nitrogens with zero attached hydrogens (tertiary/aromatic N) is 1. The van der Waals surface area contributed by atoms with E-state index >= 15 is 0 Å². The van der Waals surface area contributed by atoms with Gasteiger partial charge in [0.05, 0.1) is 25.4 Å². The molecule has 0 saturated carbocycles. The molecule has 108 valence electrons. The molecule has 2 atom stereocenters. The Kier molecular flexibility index (Phi) is 3.37.